The Bertz CT molecular complexity index is 616. The summed E-state index contributed by atoms with van der Waals surface area (Å²) in [5.41, 5.74) is 3.67. The summed E-state index contributed by atoms with van der Waals surface area (Å²) in [6.45, 7) is 2.14. The molecule has 2 bridgehead atoms. The summed E-state index contributed by atoms with van der Waals surface area (Å²) in [6, 6.07) is 4.23. The molecule has 2 fully saturated rings. The zero-order valence-electron chi connectivity index (χ0n) is 10.6. The minimum absolute atomic E-state index is 0.692. The fourth-order valence-electron chi connectivity index (χ4n) is 4.01. The second kappa shape index (κ2) is 3.83. The lowest BCUT2D eigenvalue weighted by Crippen LogP contribution is -2.09. The molecule has 0 aliphatic heterocycles. The van der Waals surface area contributed by atoms with Crippen molar-refractivity contribution in [2.24, 2.45) is 11.8 Å². The summed E-state index contributed by atoms with van der Waals surface area (Å²) in [4.78, 5) is 4.93. The summed E-state index contributed by atoms with van der Waals surface area (Å²) in [5, 5.41) is 0. The number of pyridine rings is 1. The van der Waals surface area contributed by atoms with E-state index in [-0.39, 0.29) is 0 Å². The third-order valence-corrected chi connectivity index (χ3v) is 5.69. The third kappa shape index (κ3) is 1.43. The van der Waals surface area contributed by atoms with E-state index in [4.69, 9.17) is 4.98 Å². The van der Waals surface area contributed by atoms with Crippen molar-refractivity contribution in [3.05, 3.63) is 34.2 Å². The van der Waals surface area contributed by atoms with Crippen LogP contribution in [-0.4, -0.2) is 9.38 Å². The van der Waals surface area contributed by atoms with Crippen molar-refractivity contribution in [3.63, 3.8) is 0 Å². The molecule has 3 heteroatoms. The standard InChI is InChI=1S/C15H17BrN2/c1-9-3-2-6-18-14(16)13(17-15(9)18)12-8-10-4-5-11(12)7-10/h2-3,6,10-12H,4-5,7-8H2,1H3. The Hall–Kier alpha value is -0.830. The van der Waals surface area contributed by atoms with Crippen molar-refractivity contribution in [3.8, 4) is 0 Å². The van der Waals surface area contributed by atoms with Gasteiger partial charge in [0, 0.05) is 12.1 Å². The van der Waals surface area contributed by atoms with Crippen molar-refractivity contribution in [1.82, 2.24) is 9.38 Å². The van der Waals surface area contributed by atoms with Gasteiger partial charge in [0.1, 0.15) is 10.3 Å². The topological polar surface area (TPSA) is 17.3 Å². The van der Waals surface area contributed by atoms with E-state index in [1.54, 1.807) is 0 Å². The first-order chi connectivity index (χ1) is 8.74. The number of nitrogens with zero attached hydrogens (tertiary/aromatic N) is 2. The Morgan fingerprint density at radius 2 is 2.22 bits per heavy atom. The van der Waals surface area contributed by atoms with E-state index in [0.717, 1.165) is 17.5 Å². The van der Waals surface area contributed by atoms with Crippen LogP contribution in [0.3, 0.4) is 0 Å². The summed E-state index contributed by atoms with van der Waals surface area (Å²) in [5.74, 6) is 2.55. The molecule has 0 aromatic carbocycles. The second-order valence-corrected chi connectivity index (χ2v) is 6.71. The highest BCUT2D eigenvalue weighted by molar-refractivity contribution is 9.10. The highest BCUT2D eigenvalue weighted by Crippen LogP contribution is 2.53. The van der Waals surface area contributed by atoms with Gasteiger partial charge in [-0.25, -0.2) is 4.98 Å². The number of aryl methyl sites for hydroxylation is 1. The van der Waals surface area contributed by atoms with Crippen LogP contribution in [0.25, 0.3) is 5.65 Å². The maximum absolute atomic E-state index is 4.93. The van der Waals surface area contributed by atoms with Gasteiger partial charge in [-0.2, -0.15) is 0 Å². The number of imidazole rings is 1. The van der Waals surface area contributed by atoms with Crippen LogP contribution in [0.4, 0.5) is 0 Å². The molecule has 0 saturated heterocycles. The number of rotatable bonds is 1. The Morgan fingerprint density at radius 3 is 2.89 bits per heavy atom. The van der Waals surface area contributed by atoms with E-state index < -0.39 is 0 Å². The van der Waals surface area contributed by atoms with Crippen LogP contribution in [0.2, 0.25) is 0 Å². The Kier molecular flexibility index (Phi) is 2.35. The average molecular weight is 305 g/mol. The normalized spacial score (nSPS) is 30.4. The molecule has 2 heterocycles. The predicted octanol–water partition coefficient (Wildman–Crippen LogP) is 4.31. The van der Waals surface area contributed by atoms with Crippen LogP contribution in [0, 0.1) is 18.8 Å². The molecule has 94 valence electrons. The van der Waals surface area contributed by atoms with Gasteiger partial charge in [0.2, 0.25) is 0 Å². The number of fused-ring (bicyclic) bond motifs is 3. The third-order valence-electron chi connectivity index (χ3n) is 4.90. The van der Waals surface area contributed by atoms with Crippen LogP contribution >= 0.6 is 15.9 Å². The SMILES string of the molecule is Cc1cccn2c(Br)c(C3CC4CCC3C4)nc12. The highest BCUT2D eigenvalue weighted by Gasteiger charge is 2.42. The maximum Gasteiger partial charge on any atom is 0.140 e. The Labute approximate surface area is 116 Å². The summed E-state index contributed by atoms with van der Waals surface area (Å²) < 4.78 is 3.37. The molecule has 2 nitrogen and oxygen atoms in total. The maximum atomic E-state index is 4.93. The van der Waals surface area contributed by atoms with Gasteiger partial charge in [-0.3, -0.25) is 4.40 Å². The predicted molar refractivity (Wildman–Crippen MR) is 75.8 cm³/mol. The second-order valence-electron chi connectivity index (χ2n) is 5.95. The molecule has 2 aromatic heterocycles. The molecule has 0 N–H and O–H groups in total. The van der Waals surface area contributed by atoms with Gasteiger partial charge in [-0.15, -0.1) is 0 Å². The first-order valence-corrected chi connectivity index (χ1v) is 7.66. The van der Waals surface area contributed by atoms with Crippen LogP contribution in [0.1, 0.15) is 42.9 Å². The van der Waals surface area contributed by atoms with E-state index in [1.165, 1.54) is 41.5 Å². The molecule has 0 radical (unpaired) electrons. The molecule has 2 aliphatic carbocycles. The molecule has 2 saturated carbocycles. The fourth-order valence-corrected chi connectivity index (χ4v) is 4.68. The quantitative estimate of drug-likeness (QED) is 0.767. The van der Waals surface area contributed by atoms with Gasteiger partial charge in [0.25, 0.3) is 0 Å². The van der Waals surface area contributed by atoms with E-state index in [9.17, 15) is 0 Å². The van der Waals surface area contributed by atoms with E-state index in [1.807, 2.05) is 0 Å². The molecule has 2 aliphatic rings. The molecule has 2 aromatic rings. The van der Waals surface area contributed by atoms with Gasteiger partial charge >= 0.3 is 0 Å². The molecule has 0 spiro atoms. The average Bonchev–Trinajstić information content (AvgIpc) is 3.04. The zero-order valence-corrected chi connectivity index (χ0v) is 12.2. The fraction of sp³-hybridized carbons (Fsp3) is 0.533. The first-order valence-electron chi connectivity index (χ1n) is 6.87. The zero-order chi connectivity index (χ0) is 12.3. The molecule has 18 heavy (non-hydrogen) atoms. The Morgan fingerprint density at radius 1 is 1.33 bits per heavy atom. The first kappa shape index (κ1) is 11.0. The van der Waals surface area contributed by atoms with E-state index in [2.05, 4.69) is 45.6 Å². The number of hydrogen-bond donors (Lipinski definition) is 0. The lowest BCUT2D eigenvalue weighted by atomic mass is 9.87. The number of hydrogen-bond acceptors (Lipinski definition) is 1. The largest absolute Gasteiger partial charge is 0.294 e. The lowest BCUT2D eigenvalue weighted by molar-refractivity contribution is 0.413. The van der Waals surface area contributed by atoms with E-state index in [0.29, 0.717) is 5.92 Å². The Balaban J connectivity index is 1.86. The van der Waals surface area contributed by atoms with Crippen molar-refractivity contribution >= 4 is 21.6 Å². The molecule has 3 atom stereocenters. The lowest BCUT2D eigenvalue weighted by Gasteiger charge is -2.19. The smallest absolute Gasteiger partial charge is 0.140 e. The molecule has 4 rings (SSSR count). The van der Waals surface area contributed by atoms with Gasteiger partial charge in [-0.1, -0.05) is 12.5 Å². The monoisotopic (exact) mass is 304 g/mol. The molecular formula is C15H17BrN2. The molecule has 3 unspecified atom stereocenters. The van der Waals surface area contributed by atoms with Crippen molar-refractivity contribution in [2.75, 3.05) is 0 Å². The summed E-state index contributed by atoms with van der Waals surface area (Å²) in [7, 11) is 0. The van der Waals surface area contributed by atoms with Crippen LogP contribution in [0.5, 0.6) is 0 Å². The number of halogens is 1. The van der Waals surface area contributed by atoms with Crippen molar-refractivity contribution in [1.29, 1.82) is 0 Å². The van der Waals surface area contributed by atoms with E-state index >= 15 is 0 Å². The molecular weight excluding hydrogens is 288 g/mol. The van der Waals surface area contributed by atoms with Gasteiger partial charge in [0.05, 0.1) is 5.69 Å². The highest BCUT2D eigenvalue weighted by atomic mass is 79.9. The summed E-state index contributed by atoms with van der Waals surface area (Å²) >= 11 is 3.77. The number of aromatic nitrogens is 2. The summed E-state index contributed by atoms with van der Waals surface area (Å²) in [6.07, 6.45) is 7.76. The van der Waals surface area contributed by atoms with Gasteiger partial charge < -0.3 is 0 Å². The molecule has 0 amide bonds. The minimum atomic E-state index is 0.692. The van der Waals surface area contributed by atoms with Gasteiger partial charge in [0.15, 0.2) is 0 Å². The van der Waals surface area contributed by atoms with Crippen LogP contribution in [-0.2, 0) is 0 Å². The van der Waals surface area contributed by atoms with Crippen LogP contribution in [0.15, 0.2) is 22.9 Å². The van der Waals surface area contributed by atoms with Crippen LogP contribution < -0.4 is 0 Å². The van der Waals surface area contributed by atoms with Crippen molar-refractivity contribution in [2.45, 2.75) is 38.5 Å². The van der Waals surface area contributed by atoms with Crippen molar-refractivity contribution < 1.29 is 0 Å². The van der Waals surface area contributed by atoms with Gasteiger partial charge in [-0.05, 0) is 65.6 Å². The minimum Gasteiger partial charge on any atom is -0.294 e.